The molecule has 1 aromatic carbocycles. The molecule has 0 amide bonds. The van der Waals surface area contributed by atoms with E-state index in [1.165, 1.54) is 25.2 Å². The summed E-state index contributed by atoms with van der Waals surface area (Å²) in [4.78, 5) is 1.03. The lowest BCUT2D eigenvalue weighted by Gasteiger charge is -2.06. The first-order valence-electron chi connectivity index (χ1n) is 5.67. The zero-order valence-electron chi connectivity index (χ0n) is 10.9. The van der Waals surface area contributed by atoms with Crippen molar-refractivity contribution in [2.24, 2.45) is 12.8 Å². The van der Waals surface area contributed by atoms with Gasteiger partial charge in [0.1, 0.15) is 4.90 Å². The number of rotatable bonds is 3. The number of anilines is 1. The van der Waals surface area contributed by atoms with Crippen molar-refractivity contribution in [3.05, 3.63) is 28.8 Å². The second kappa shape index (κ2) is 6.09. The van der Waals surface area contributed by atoms with Crippen molar-refractivity contribution in [2.75, 3.05) is 11.3 Å². The average molecular weight is 327 g/mol. The molecule has 0 fully saturated rings. The molecule has 0 unspecified atom stereocenters. The van der Waals surface area contributed by atoms with Gasteiger partial charge in [-0.05, 0) is 23.4 Å². The highest BCUT2D eigenvalue weighted by molar-refractivity contribution is 7.92. The van der Waals surface area contributed by atoms with Gasteiger partial charge in [0.2, 0.25) is 0 Å². The molecule has 0 saturated carbocycles. The highest BCUT2D eigenvalue weighted by atomic mass is 35.5. The van der Waals surface area contributed by atoms with Crippen LogP contribution in [0.3, 0.4) is 0 Å². The van der Waals surface area contributed by atoms with Gasteiger partial charge in [0.05, 0.1) is 18.6 Å². The Hall–Kier alpha value is -2.15. The Labute approximate surface area is 126 Å². The molecule has 1 aromatic heterocycles. The maximum absolute atomic E-state index is 12.2. The van der Waals surface area contributed by atoms with Crippen molar-refractivity contribution in [3.63, 3.8) is 0 Å². The Bertz CT molecular complexity index is 821. The third-order valence-corrected chi connectivity index (χ3v) is 4.10. The van der Waals surface area contributed by atoms with Gasteiger partial charge >= 0.3 is 0 Å². The van der Waals surface area contributed by atoms with Gasteiger partial charge in [-0.25, -0.2) is 13.1 Å². The zero-order valence-corrected chi connectivity index (χ0v) is 12.5. The van der Waals surface area contributed by atoms with Gasteiger partial charge in [0.25, 0.3) is 16.0 Å². The van der Waals surface area contributed by atoms with E-state index in [2.05, 4.69) is 32.0 Å². The molecule has 21 heavy (non-hydrogen) atoms. The van der Waals surface area contributed by atoms with E-state index in [0.717, 1.165) is 4.80 Å². The summed E-state index contributed by atoms with van der Waals surface area (Å²) >= 11 is 5.98. The normalized spacial score (nSPS) is 10.8. The summed E-state index contributed by atoms with van der Waals surface area (Å²) in [6, 6.07) is 4.33. The largest absolute Gasteiger partial charge is 0.320 e. The van der Waals surface area contributed by atoms with Crippen LogP contribution >= 0.6 is 11.6 Å². The third kappa shape index (κ3) is 3.69. The van der Waals surface area contributed by atoms with Crippen molar-refractivity contribution in [1.29, 1.82) is 0 Å². The minimum atomic E-state index is -3.90. The maximum atomic E-state index is 12.2. The quantitative estimate of drug-likeness (QED) is 0.765. The molecule has 0 saturated heterocycles. The van der Waals surface area contributed by atoms with Crippen LogP contribution < -0.4 is 10.5 Å². The lowest BCUT2D eigenvalue weighted by Crippen LogP contribution is -2.14. The summed E-state index contributed by atoms with van der Waals surface area (Å²) in [5.41, 5.74) is 5.84. The Morgan fingerprint density at radius 3 is 2.81 bits per heavy atom. The predicted octanol–water partition coefficient (Wildman–Crippen LogP) is -0.0255. The fourth-order valence-electron chi connectivity index (χ4n) is 1.45. The molecule has 0 aliphatic heterocycles. The van der Waals surface area contributed by atoms with Gasteiger partial charge in [0.15, 0.2) is 0 Å². The number of nitrogens with one attached hydrogen (secondary N) is 1. The minimum Gasteiger partial charge on any atom is -0.320 e. The number of hydrogen-bond acceptors (Lipinski definition) is 6. The van der Waals surface area contributed by atoms with Crippen molar-refractivity contribution < 1.29 is 8.42 Å². The summed E-state index contributed by atoms with van der Waals surface area (Å²) in [7, 11) is -2.38. The summed E-state index contributed by atoms with van der Waals surface area (Å²) < 4.78 is 26.6. The van der Waals surface area contributed by atoms with Crippen molar-refractivity contribution in [1.82, 2.24) is 20.2 Å². The lowest BCUT2D eigenvalue weighted by molar-refractivity contribution is 0.600. The molecule has 0 aliphatic rings. The first-order valence-corrected chi connectivity index (χ1v) is 7.54. The van der Waals surface area contributed by atoms with Crippen molar-refractivity contribution in [2.45, 2.75) is 4.90 Å². The predicted molar refractivity (Wildman–Crippen MR) is 77.0 cm³/mol. The molecule has 0 atom stereocenters. The van der Waals surface area contributed by atoms with E-state index >= 15 is 0 Å². The lowest BCUT2D eigenvalue weighted by atomic mass is 10.2. The molecule has 2 rings (SSSR count). The highest BCUT2D eigenvalue weighted by Crippen LogP contribution is 2.23. The number of halogens is 1. The average Bonchev–Trinajstić information content (AvgIpc) is 2.80. The van der Waals surface area contributed by atoms with Gasteiger partial charge in [0, 0.05) is 5.56 Å². The van der Waals surface area contributed by atoms with Gasteiger partial charge in [-0.3, -0.25) is 0 Å². The molecule has 0 spiro atoms. The van der Waals surface area contributed by atoms with E-state index < -0.39 is 10.0 Å². The third-order valence-electron chi connectivity index (χ3n) is 2.29. The van der Waals surface area contributed by atoms with E-state index in [-0.39, 0.29) is 22.4 Å². The monoisotopic (exact) mass is 326 g/mol. The van der Waals surface area contributed by atoms with Crippen LogP contribution in [0.5, 0.6) is 0 Å². The highest BCUT2D eigenvalue weighted by Gasteiger charge is 2.20. The number of nitrogens with two attached hydrogens (primary N) is 1. The molecule has 0 radical (unpaired) electrons. The molecular weight excluding hydrogens is 316 g/mol. The first-order chi connectivity index (χ1) is 9.92. The standard InChI is InChI=1S/C11H11ClN6O2S/c1-18-15-11(14-17-18)16-21(19,20)10-5-4-8(3-2-6-13)7-9(10)12/h4-5,7H,6,13H2,1H3,(H,15,16). The van der Waals surface area contributed by atoms with Crippen molar-refractivity contribution >= 4 is 27.6 Å². The zero-order chi connectivity index (χ0) is 15.5. The van der Waals surface area contributed by atoms with Gasteiger partial charge < -0.3 is 5.73 Å². The van der Waals surface area contributed by atoms with Gasteiger partial charge in [-0.1, -0.05) is 28.5 Å². The SMILES string of the molecule is Cn1nnc(NS(=O)(=O)c2ccc(C#CCN)cc2Cl)n1. The molecule has 8 nitrogen and oxygen atoms in total. The second-order valence-corrected chi connectivity index (χ2v) is 5.92. The van der Waals surface area contributed by atoms with E-state index in [9.17, 15) is 8.42 Å². The Balaban J connectivity index is 2.32. The number of hydrogen-bond donors (Lipinski definition) is 2. The van der Waals surface area contributed by atoms with Crippen LogP contribution in [-0.2, 0) is 17.1 Å². The Kier molecular flexibility index (Phi) is 4.42. The second-order valence-electron chi connectivity index (χ2n) is 3.86. The van der Waals surface area contributed by atoms with E-state index in [1.54, 1.807) is 0 Å². The summed E-state index contributed by atoms with van der Waals surface area (Å²) in [5, 5.41) is 10.8. The number of nitrogens with zero attached hydrogens (tertiary/aromatic N) is 4. The first kappa shape index (κ1) is 15.2. The van der Waals surface area contributed by atoms with Crippen LogP contribution in [-0.4, -0.2) is 35.2 Å². The van der Waals surface area contributed by atoms with Crippen LogP contribution in [0.15, 0.2) is 23.1 Å². The molecule has 2 aromatic rings. The molecule has 1 heterocycles. The van der Waals surface area contributed by atoms with Crippen LogP contribution in [0.1, 0.15) is 5.56 Å². The molecule has 0 bridgehead atoms. The maximum Gasteiger partial charge on any atom is 0.277 e. The fourth-order valence-corrected chi connectivity index (χ4v) is 2.93. The minimum absolute atomic E-state index is 0.0372. The summed E-state index contributed by atoms with van der Waals surface area (Å²) in [5.74, 6) is 5.28. The molecule has 10 heteroatoms. The smallest absolute Gasteiger partial charge is 0.277 e. The van der Waals surface area contributed by atoms with E-state index in [4.69, 9.17) is 17.3 Å². The Morgan fingerprint density at radius 1 is 1.48 bits per heavy atom. The van der Waals surface area contributed by atoms with Crippen LogP contribution in [0.4, 0.5) is 5.95 Å². The topological polar surface area (TPSA) is 116 Å². The fraction of sp³-hybridized carbons (Fsp3) is 0.182. The van der Waals surface area contributed by atoms with Gasteiger partial charge in [-0.2, -0.15) is 4.80 Å². The number of aryl methyl sites for hydroxylation is 1. The van der Waals surface area contributed by atoms with Gasteiger partial charge in [-0.15, -0.1) is 5.10 Å². The van der Waals surface area contributed by atoms with Crippen molar-refractivity contribution in [3.8, 4) is 11.8 Å². The van der Waals surface area contributed by atoms with Crippen LogP contribution in [0, 0.1) is 11.8 Å². The van der Waals surface area contributed by atoms with Crippen LogP contribution in [0.25, 0.3) is 0 Å². The number of sulfonamides is 1. The number of benzene rings is 1. The Morgan fingerprint density at radius 2 is 2.24 bits per heavy atom. The van der Waals surface area contributed by atoms with E-state index in [0.29, 0.717) is 5.56 Å². The number of aromatic nitrogens is 4. The molecule has 3 N–H and O–H groups in total. The summed E-state index contributed by atoms with van der Waals surface area (Å²) in [6.45, 7) is 0.206. The molecule has 0 aliphatic carbocycles. The van der Waals surface area contributed by atoms with Crippen LogP contribution in [0.2, 0.25) is 5.02 Å². The summed E-state index contributed by atoms with van der Waals surface area (Å²) in [6.07, 6.45) is 0. The number of tetrazole rings is 1. The molecular formula is C11H11ClN6O2S. The molecule has 110 valence electrons. The van der Waals surface area contributed by atoms with E-state index in [1.807, 2.05) is 0 Å².